The first-order chi connectivity index (χ1) is 15.2. The Balaban J connectivity index is 1.47. The van der Waals surface area contributed by atoms with Crippen molar-refractivity contribution in [1.29, 1.82) is 0 Å². The van der Waals surface area contributed by atoms with Gasteiger partial charge in [0.25, 0.3) is 5.91 Å². The molecule has 1 aromatic heterocycles. The Bertz CT molecular complexity index is 979. The molecule has 1 heterocycles. The molecule has 1 amide bonds. The molecule has 2 atom stereocenters. The number of benzene rings is 2. The second-order valence-electron chi connectivity index (χ2n) is 9.13. The second-order valence-corrected chi connectivity index (χ2v) is 9.13. The van der Waals surface area contributed by atoms with E-state index < -0.39 is 0 Å². The number of hydrogen-bond donors (Lipinski definition) is 2. The van der Waals surface area contributed by atoms with Crippen molar-refractivity contribution in [1.82, 2.24) is 15.4 Å². The van der Waals surface area contributed by atoms with E-state index in [9.17, 15) is 4.79 Å². The maximum atomic E-state index is 13.2. The van der Waals surface area contributed by atoms with Gasteiger partial charge in [0.1, 0.15) is 5.69 Å². The standard InChI is InChI=1S/C27H35N3O/c1-21-11-4-2-7-16-24(17-10-12-21)28-29-27(31)26-19-23-15-8-9-18-25(23)30(26)20-22-13-5-3-6-14-22/h3,5-6,8-9,13-15,18-19,21,24,28H,2,4,7,10-12,16-17,20H2,1H3,(H,29,31)/t21-,24+/m0/s1. The number of rotatable bonds is 5. The van der Waals surface area contributed by atoms with Crippen molar-refractivity contribution < 1.29 is 4.79 Å². The van der Waals surface area contributed by atoms with Crippen molar-refractivity contribution in [3.05, 3.63) is 71.9 Å². The van der Waals surface area contributed by atoms with Gasteiger partial charge < -0.3 is 4.57 Å². The zero-order chi connectivity index (χ0) is 21.5. The van der Waals surface area contributed by atoms with Crippen molar-refractivity contribution in [2.24, 2.45) is 5.92 Å². The van der Waals surface area contributed by atoms with Crippen LogP contribution in [0.25, 0.3) is 10.9 Å². The molecule has 1 aliphatic rings. The van der Waals surface area contributed by atoms with Gasteiger partial charge in [0.2, 0.25) is 0 Å². The van der Waals surface area contributed by atoms with Gasteiger partial charge in [-0.25, -0.2) is 5.43 Å². The predicted octanol–water partition coefficient (Wildman–Crippen LogP) is 6.06. The lowest BCUT2D eigenvalue weighted by Crippen LogP contribution is -2.45. The van der Waals surface area contributed by atoms with Gasteiger partial charge in [-0.15, -0.1) is 0 Å². The van der Waals surface area contributed by atoms with Gasteiger partial charge in [0.05, 0.1) is 0 Å². The zero-order valence-corrected chi connectivity index (χ0v) is 18.6. The van der Waals surface area contributed by atoms with Gasteiger partial charge >= 0.3 is 0 Å². The van der Waals surface area contributed by atoms with E-state index in [4.69, 9.17) is 0 Å². The molecule has 2 N–H and O–H groups in total. The van der Waals surface area contributed by atoms with Gasteiger partial charge in [0, 0.05) is 23.5 Å². The summed E-state index contributed by atoms with van der Waals surface area (Å²) < 4.78 is 2.12. The number of amides is 1. The minimum Gasteiger partial charge on any atom is -0.332 e. The number of para-hydroxylation sites is 1. The molecule has 4 nitrogen and oxygen atoms in total. The fourth-order valence-corrected chi connectivity index (χ4v) is 4.77. The summed E-state index contributed by atoms with van der Waals surface area (Å²) in [5.41, 5.74) is 9.39. The first-order valence-electron chi connectivity index (χ1n) is 11.9. The zero-order valence-electron chi connectivity index (χ0n) is 18.6. The maximum absolute atomic E-state index is 13.2. The summed E-state index contributed by atoms with van der Waals surface area (Å²) in [7, 11) is 0. The molecule has 31 heavy (non-hydrogen) atoms. The van der Waals surface area contributed by atoms with Gasteiger partial charge in [-0.2, -0.15) is 0 Å². The lowest BCUT2D eigenvalue weighted by Gasteiger charge is -2.22. The van der Waals surface area contributed by atoms with Crippen LogP contribution in [0.15, 0.2) is 60.7 Å². The van der Waals surface area contributed by atoms with Crippen LogP contribution >= 0.6 is 0 Å². The Morgan fingerprint density at radius 1 is 0.903 bits per heavy atom. The molecule has 0 aliphatic heterocycles. The van der Waals surface area contributed by atoms with Crippen molar-refractivity contribution >= 4 is 16.8 Å². The third kappa shape index (κ3) is 5.76. The van der Waals surface area contributed by atoms with E-state index in [1.807, 2.05) is 36.4 Å². The summed E-state index contributed by atoms with van der Waals surface area (Å²) in [6, 6.07) is 20.9. The fraction of sp³-hybridized carbons (Fsp3) is 0.444. The molecule has 4 heteroatoms. The fourth-order valence-electron chi connectivity index (χ4n) is 4.77. The molecule has 0 saturated heterocycles. The molecular weight excluding hydrogens is 382 g/mol. The number of aromatic nitrogens is 1. The Labute approximate surface area is 186 Å². The summed E-state index contributed by atoms with van der Waals surface area (Å²) in [6.07, 6.45) is 9.98. The largest absolute Gasteiger partial charge is 0.332 e. The molecule has 1 saturated carbocycles. The number of fused-ring (bicyclic) bond motifs is 1. The highest BCUT2D eigenvalue weighted by atomic mass is 16.2. The Morgan fingerprint density at radius 2 is 1.61 bits per heavy atom. The van der Waals surface area contributed by atoms with Crippen molar-refractivity contribution in [2.75, 3.05) is 0 Å². The molecular formula is C27H35N3O. The van der Waals surface area contributed by atoms with Crippen LogP contribution in [0, 0.1) is 5.92 Å². The van der Waals surface area contributed by atoms with Crippen LogP contribution in [0.4, 0.5) is 0 Å². The van der Waals surface area contributed by atoms with Crippen LogP contribution in [0.2, 0.25) is 0 Å². The molecule has 164 valence electrons. The minimum atomic E-state index is -0.0578. The van der Waals surface area contributed by atoms with Crippen LogP contribution in [-0.4, -0.2) is 16.5 Å². The van der Waals surface area contributed by atoms with Crippen molar-refractivity contribution in [3.8, 4) is 0 Å². The molecule has 0 bridgehead atoms. The topological polar surface area (TPSA) is 46.1 Å². The highest BCUT2D eigenvalue weighted by Gasteiger charge is 2.18. The second kappa shape index (κ2) is 10.6. The molecule has 0 radical (unpaired) electrons. The molecule has 0 unspecified atom stereocenters. The van der Waals surface area contributed by atoms with Crippen molar-refractivity contribution in [2.45, 2.75) is 70.9 Å². The number of hydrazine groups is 1. The monoisotopic (exact) mass is 417 g/mol. The van der Waals surface area contributed by atoms with E-state index in [1.54, 1.807) is 0 Å². The Kier molecular flexibility index (Phi) is 7.42. The summed E-state index contributed by atoms with van der Waals surface area (Å²) in [5.74, 6) is 0.764. The Hall–Kier alpha value is -2.59. The van der Waals surface area contributed by atoms with Gasteiger partial charge in [-0.3, -0.25) is 10.2 Å². The SMILES string of the molecule is C[C@H]1CCCCC[C@@H](NNC(=O)c2cc3ccccc3n2Cc2ccccc2)CCC1. The van der Waals surface area contributed by atoms with Gasteiger partial charge in [-0.1, -0.05) is 94.0 Å². The predicted molar refractivity (Wildman–Crippen MR) is 128 cm³/mol. The first kappa shape index (κ1) is 21.6. The molecule has 0 spiro atoms. The van der Waals surface area contributed by atoms with Crippen LogP contribution in [0.1, 0.15) is 74.3 Å². The molecule has 1 fully saturated rings. The Morgan fingerprint density at radius 3 is 2.48 bits per heavy atom. The quantitative estimate of drug-likeness (QED) is 0.495. The van der Waals surface area contributed by atoms with Crippen LogP contribution in [0.3, 0.4) is 0 Å². The minimum absolute atomic E-state index is 0.0578. The third-order valence-electron chi connectivity index (χ3n) is 6.62. The average molecular weight is 418 g/mol. The summed E-state index contributed by atoms with van der Waals surface area (Å²) in [6.45, 7) is 3.05. The van der Waals surface area contributed by atoms with E-state index in [0.717, 1.165) is 29.7 Å². The van der Waals surface area contributed by atoms with E-state index >= 15 is 0 Å². The van der Waals surface area contributed by atoms with E-state index in [1.165, 1.54) is 44.1 Å². The van der Waals surface area contributed by atoms with Gasteiger partial charge in [-0.05, 0) is 36.5 Å². The van der Waals surface area contributed by atoms with Crippen LogP contribution in [0.5, 0.6) is 0 Å². The number of hydrogen-bond acceptors (Lipinski definition) is 2. The number of nitrogens with one attached hydrogen (secondary N) is 2. The lowest BCUT2D eigenvalue weighted by molar-refractivity contribution is 0.0913. The van der Waals surface area contributed by atoms with E-state index in [0.29, 0.717) is 18.3 Å². The highest BCUT2D eigenvalue weighted by molar-refractivity contribution is 5.98. The van der Waals surface area contributed by atoms with Crippen molar-refractivity contribution in [3.63, 3.8) is 0 Å². The van der Waals surface area contributed by atoms with Crippen LogP contribution < -0.4 is 10.9 Å². The highest BCUT2D eigenvalue weighted by Crippen LogP contribution is 2.23. The van der Waals surface area contributed by atoms with E-state index in [2.05, 4.69) is 46.6 Å². The first-order valence-corrected chi connectivity index (χ1v) is 11.9. The molecule has 2 aromatic carbocycles. The number of nitrogens with zero attached hydrogens (tertiary/aromatic N) is 1. The van der Waals surface area contributed by atoms with Crippen LogP contribution in [-0.2, 0) is 6.54 Å². The molecule has 3 aromatic rings. The molecule has 4 rings (SSSR count). The summed E-state index contributed by atoms with van der Waals surface area (Å²) in [5, 5.41) is 1.09. The summed E-state index contributed by atoms with van der Waals surface area (Å²) in [4.78, 5) is 13.2. The summed E-state index contributed by atoms with van der Waals surface area (Å²) >= 11 is 0. The normalized spacial score (nSPS) is 20.4. The average Bonchev–Trinajstić information content (AvgIpc) is 3.16. The third-order valence-corrected chi connectivity index (χ3v) is 6.62. The lowest BCUT2D eigenvalue weighted by atomic mass is 9.92. The van der Waals surface area contributed by atoms with E-state index in [-0.39, 0.29) is 5.91 Å². The number of carbonyl (C=O) groups excluding carboxylic acids is 1. The molecule has 1 aliphatic carbocycles. The smallest absolute Gasteiger partial charge is 0.282 e. The number of carbonyl (C=O) groups is 1. The maximum Gasteiger partial charge on any atom is 0.282 e. The van der Waals surface area contributed by atoms with Gasteiger partial charge in [0.15, 0.2) is 0 Å².